The van der Waals surface area contributed by atoms with Crippen molar-refractivity contribution in [1.82, 2.24) is 9.97 Å². The van der Waals surface area contributed by atoms with Crippen molar-refractivity contribution in [2.75, 3.05) is 5.32 Å². The summed E-state index contributed by atoms with van der Waals surface area (Å²) in [5, 5.41) is 11.5. The number of ether oxygens (including phenoxy) is 1. The van der Waals surface area contributed by atoms with Gasteiger partial charge in [-0.2, -0.15) is 4.98 Å². The first-order chi connectivity index (χ1) is 15.2. The first-order valence-corrected chi connectivity index (χ1v) is 8.95. The molecule has 1 amide bonds. The number of carboxylic acids is 1. The minimum Gasteiger partial charge on any atom is -0.478 e. The van der Waals surface area contributed by atoms with E-state index in [0.29, 0.717) is 16.6 Å². The molecule has 8 nitrogen and oxygen atoms in total. The third-order valence-electron chi connectivity index (χ3n) is 4.25. The second kappa shape index (κ2) is 8.02. The monoisotopic (exact) mass is 443 g/mol. The highest BCUT2D eigenvalue weighted by atomic mass is 19.4. The molecule has 0 aliphatic carbocycles. The van der Waals surface area contributed by atoms with Crippen LogP contribution in [-0.2, 0) is 0 Å². The number of pyridine rings is 1. The molecule has 2 aromatic carbocycles. The molecule has 0 fully saturated rings. The number of aromatic nitrogens is 2. The van der Waals surface area contributed by atoms with Crippen LogP contribution in [0.3, 0.4) is 0 Å². The zero-order valence-corrected chi connectivity index (χ0v) is 15.9. The maximum atomic E-state index is 12.6. The molecule has 0 unspecified atom stereocenters. The highest BCUT2D eigenvalue weighted by Crippen LogP contribution is 2.28. The number of alkyl halides is 3. The molecular formula is C21H12F3N3O5. The molecule has 0 radical (unpaired) electrons. The number of oxazole rings is 1. The smallest absolute Gasteiger partial charge is 0.478 e. The number of hydrogen-bond acceptors (Lipinski definition) is 6. The van der Waals surface area contributed by atoms with Gasteiger partial charge in [-0.05, 0) is 53.6 Å². The Morgan fingerprint density at radius 2 is 1.81 bits per heavy atom. The van der Waals surface area contributed by atoms with Crippen molar-refractivity contribution in [3.05, 3.63) is 72.1 Å². The van der Waals surface area contributed by atoms with Crippen molar-refractivity contribution in [3.8, 4) is 16.9 Å². The lowest BCUT2D eigenvalue weighted by Crippen LogP contribution is -2.17. The average molecular weight is 443 g/mol. The molecule has 4 rings (SSSR count). The van der Waals surface area contributed by atoms with Gasteiger partial charge in [-0.3, -0.25) is 15.1 Å². The molecule has 0 atom stereocenters. The van der Waals surface area contributed by atoms with Crippen LogP contribution in [0.1, 0.15) is 20.8 Å². The Hall–Kier alpha value is -4.41. The van der Waals surface area contributed by atoms with E-state index in [1.54, 1.807) is 6.07 Å². The summed E-state index contributed by atoms with van der Waals surface area (Å²) in [7, 11) is 0. The summed E-state index contributed by atoms with van der Waals surface area (Å²) in [4.78, 5) is 31.6. The molecule has 2 heterocycles. The number of aromatic carboxylic acids is 1. The number of nitrogens with zero attached hydrogens (tertiary/aromatic N) is 2. The number of anilines is 1. The van der Waals surface area contributed by atoms with E-state index in [9.17, 15) is 22.8 Å². The molecule has 0 bridgehead atoms. The standard InChI is InChI=1S/C21H12F3N3O5/c22-21(23,24)32-14-3-1-2-11(8-14)12-6-7-25-16(9-12)18(28)27-20-26-15-5-4-13(19(29)30)10-17(15)31-20/h1-10H,(H,29,30)(H,26,27,28). The van der Waals surface area contributed by atoms with Gasteiger partial charge in [0.1, 0.15) is 17.0 Å². The van der Waals surface area contributed by atoms with Crippen LogP contribution in [0.25, 0.3) is 22.2 Å². The number of amides is 1. The normalized spacial score (nSPS) is 11.3. The molecule has 0 saturated heterocycles. The predicted molar refractivity (Wildman–Crippen MR) is 105 cm³/mol. The number of nitrogens with one attached hydrogen (secondary N) is 1. The van der Waals surface area contributed by atoms with Crippen LogP contribution in [0.2, 0.25) is 0 Å². The Morgan fingerprint density at radius 1 is 1.03 bits per heavy atom. The first kappa shape index (κ1) is 20.8. The SMILES string of the molecule is O=C(O)c1ccc2nc(NC(=O)c3cc(-c4cccc(OC(F)(F)F)c4)ccn3)oc2c1. The molecule has 2 N–H and O–H groups in total. The Bertz CT molecular complexity index is 1330. The van der Waals surface area contributed by atoms with Gasteiger partial charge in [0.25, 0.3) is 5.91 Å². The number of benzene rings is 2. The van der Waals surface area contributed by atoms with Gasteiger partial charge < -0.3 is 14.3 Å². The number of carbonyl (C=O) groups excluding carboxylic acids is 1. The maximum absolute atomic E-state index is 12.6. The minimum absolute atomic E-state index is 0.00220. The van der Waals surface area contributed by atoms with Crippen molar-refractivity contribution in [3.63, 3.8) is 0 Å². The number of fused-ring (bicyclic) bond motifs is 1. The molecule has 0 saturated carbocycles. The fourth-order valence-electron chi connectivity index (χ4n) is 2.88. The van der Waals surface area contributed by atoms with Crippen LogP contribution in [0, 0.1) is 0 Å². The zero-order chi connectivity index (χ0) is 22.9. The van der Waals surface area contributed by atoms with Crippen molar-refractivity contribution >= 4 is 29.0 Å². The van der Waals surface area contributed by atoms with Crippen LogP contribution in [0.4, 0.5) is 19.2 Å². The number of carboxylic acid groups (broad SMARTS) is 1. The number of halogens is 3. The van der Waals surface area contributed by atoms with Crippen LogP contribution >= 0.6 is 0 Å². The maximum Gasteiger partial charge on any atom is 0.573 e. The Kier molecular flexibility index (Phi) is 5.23. The lowest BCUT2D eigenvalue weighted by molar-refractivity contribution is -0.274. The number of carbonyl (C=O) groups is 2. The number of hydrogen-bond donors (Lipinski definition) is 2. The fraction of sp³-hybridized carbons (Fsp3) is 0.0476. The quantitative estimate of drug-likeness (QED) is 0.458. The number of rotatable bonds is 5. The van der Waals surface area contributed by atoms with Crippen molar-refractivity contribution in [2.24, 2.45) is 0 Å². The summed E-state index contributed by atoms with van der Waals surface area (Å²) in [5.41, 5.74) is 1.28. The Balaban J connectivity index is 1.56. The third kappa shape index (κ3) is 4.67. The highest BCUT2D eigenvalue weighted by molar-refractivity contribution is 6.03. The zero-order valence-electron chi connectivity index (χ0n) is 15.9. The molecule has 11 heteroatoms. The summed E-state index contributed by atoms with van der Waals surface area (Å²) < 4.78 is 46.7. The van der Waals surface area contributed by atoms with E-state index in [-0.39, 0.29) is 22.9 Å². The predicted octanol–water partition coefficient (Wildman–Crippen LogP) is 4.74. The van der Waals surface area contributed by atoms with Crippen LogP contribution < -0.4 is 10.1 Å². The topological polar surface area (TPSA) is 115 Å². The molecule has 0 spiro atoms. The highest BCUT2D eigenvalue weighted by Gasteiger charge is 2.31. The molecule has 2 aromatic heterocycles. The van der Waals surface area contributed by atoms with E-state index in [1.165, 1.54) is 48.7 Å². The van der Waals surface area contributed by atoms with Crippen LogP contribution in [0.5, 0.6) is 5.75 Å². The fourth-order valence-corrected chi connectivity index (χ4v) is 2.88. The lowest BCUT2D eigenvalue weighted by atomic mass is 10.1. The van der Waals surface area contributed by atoms with Crippen molar-refractivity contribution < 1.29 is 37.0 Å². The summed E-state index contributed by atoms with van der Waals surface area (Å²) in [6.45, 7) is 0. The van der Waals surface area contributed by atoms with Crippen molar-refractivity contribution in [1.29, 1.82) is 0 Å². The van der Waals surface area contributed by atoms with E-state index >= 15 is 0 Å². The van der Waals surface area contributed by atoms with Crippen molar-refractivity contribution in [2.45, 2.75) is 6.36 Å². The van der Waals surface area contributed by atoms with Gasteiger partial charge in [0.05, 0.1) is 5.56 Å². The molecule has 0 aliphatic heterocycles. The summed E-state index contributed by atoms with van der Waals surface area (Å²) in [5.74, 6) is -2.22. The largest absolute Gasteiger partial charge is 0.573 e. The second-order valence-electron chi connectivity index (χ2n) is 6.47. The first-order valence-electron chi connectivity index (χ1n) is 8.95. The van der Waals surface area contributed by atoms with E-state index in [2.05, 4.69) is 20.0 Å². The third-order valence-corrected chi connectivity index (χ3v) is 4.25. The van der Waals surface area contributed by atoms with Crippen LogP contribution in [-0.4, -0.2) is 33.3 Å². The molecule has 162 valence electrons. The van der Waals surface area contributed by atoms with E-state index < -0.39 is 24.0 Å². The van der Waals surface area contributed by atoms with Gasteiger partial charge in [0.15, 0.2) is 5.58 Å². The molecule has 32 heavy (non-hydrogen) atoms. The van der Waals surface area contributed by atoms with Gasteiger partial charge in [-0.1, -0.05) is 12.1 Å². The van der Waals surface area contributed by atoms with Crippen LogP contribution in [0.15, 0.2) is 65.2 Å². The van der Waals surface area contributed by atoms with E-state index in [1.807, 2.05) is 0 Å². The summed E-state index contributed by atoms with van der Waals surface area (Å²) in [6, 6.07) is 12.1. The van der Waals surface area contributed by atoms with Gasteiger partial charge in [-0.25, -0.2) is 4.79 Å². The van der Waals surface area contributed by atoms with Gasteiger partial charge in [-0.15, -0.1) is 13.2 Å². The lowest BCUT2D eigenvalue weighted by Gasteiger charge is -2.10. The van der Waals surface area contributed by atoms with Gasteiger partial charge >= 0.3 is 18.3 Å². The Labute approximate surface area is 177 Å². The van der Waals surface area contributed by atoms with Gasteiger partial charge in [0, 0.05) is 6.20 Å². The summed E-state index contributed by atoms with van der Waals surface area (Å²) >= 11 is 0. The van der Waals surface area contributed by atoms with E-state index in [0.717, 1.165) is 6.07 Å². The van der Waals surface area contributed by atoms with Gasteiger partial charge in [0.2, 0.25) is 0 Å². The molecular weight excluding hydrogens is 431 g/mol. The summed E-state index contributed by atoms with van der Waals surface area (Å²) in [6.07, 6.45) is -3.50. The average Bonchev–Trinajstić information content (AvgIpc) is 3.14. The minimum atomic E-state index is -4.83. The molecule has 0 aliphatic rings. The molecule has 4 aromatic rings. The van der Waals surface area contributed by atoms with E-state index in [4.69, 9.17) is 9.52 Å². The second-order valence-corrected chi connectivity index (χ2v) is 6.47. The Morgan fingerprint density at radius 3 is 2.56 bits per heavy atom.